The fraction of sp³-hybridized carbons (Fsp3) is 0.588. The van der Waals surface area contributed by atoms with Crippen molar-refractivity contribution in [3.8, 4) is 0 Å². The molecule has 23 heavy (non-hydrogen) atoms. The first-order valence-electron chi connectivity index (χ1n) is 8.34. The standard InChI is InChI=1S/C17H27N5O/c1-13-5-7-15(8-6-13)22-17(18-2)21-11-10-20-16(23)14-4-3-9-19-12-14/h3-4,9,12-13,15H,5-8,10-11H2,1-2H3,(H,20,23)(H2,18,21,22). The highest BCUT2D eigenvalue weighted by atomic mass is 16.1. The first-order chi connectivity index (χ1) is 11.2. The Balaban J connectivity index is 1.65. The molecule has 1 amide bonds. The van der Waals surface area contributed by atoms with Crippen LogP contribution in [0.2, 0.25) is 0 Å². The predicted molar refractivity (Wildman–Crippen MR) is 92.5 cm³/mol. The van der Waals surface area contributed by atoms with E-state index >= 15 is 0 Å². The third-order valence-electron chi connectivity index (χ3n) is 4.21. The van der Waals surface area contributed by atoms with Gasteiger partial charge in [-0.3, -0.25) is 14.8 Å². The number of rotatable bonds is 5. The maximum atomic E-state index is 11.9. The molecule has 126 valence electrons. The molecule has 1 aromatic rings. The van der Waals surface area contributed by atoms with E-state index in [2.05, 4.69) is 32.9 Å². The maximum absolute atomic E-state index is 11.9. The summed E-state index contributed by atoms with van der Waals surface area (Å²) in [5, 5.41) is 9.57. The van der Waals surface area contributed by atoms with Gasteiger partial charge in [0.25, 0.3) is 5.91 Å². The Hall–Kier alpha value is -2.11. The Labute approximate surface area is 138 Å². The van der Waals surface area contributed by atoms with E-state index in [1.165, 1.54) is 25.7 Å². The van der Waals surface area contributed by atoms with Crippen LogP contribution in [0.15, 0.2) is 29.5 Å². The lowest BCUT2D eigenvalue weighted by Gasteiger charge is -2.28. The molecule has 0 radical (unpaired) electrons. The summed E-state index contributed by atoms with van der Waals surface area (Å²) < 4.78 is 0. The number of aromatic nitrogens is 1. The van der Waals surface area contributed by atoms with Crippen molar-refractivity contribution in [1.82, 2.24) is 20.9 Å². The van der Waals surface area contributed by atoms with Crippen LogP contribution in [-0.4, -0.2) is 43.0 Å². The lowest BCUT2D eigenvalue weighted by molar-refractivity contribution is 0.0954. The van der Waals surface area contributed by atoms with E-state index < -0.39 is 0 Å². The Morgan fingerprint density at radius 1 is 1.26 bits per heavy atom. The van der Waals surface area contributed by atoms with Gasteiger partial charge in [-0.15, -0.1) is 0 Å². The normalized spacial score (nSPS) is 21.6. The first kappa shape index (κ1) is 17.2. The molecular weight excluding hydrogens is 290 g/mol. The fourth-order valence-corrected chi connectivity index (χ4v) is 2.75. The van der Waals surface area contributed by atoms with E-state index in [9.17, 15) is 4.79 Å². The molecule has 1 aliphatic rings. The molecule has 1 aliphatic carbocycles. The minimum absolute atomic E-state index is 0.107. The van der Waals surface area contributed by atoms with E-state index in [1.807, 2.05) is 0 Å². The Bertz CT molecular complexity index is 509. The van der Waals surface area contributed by atoms with Gasteiger partial charge >= 0.3 is 0 Å². The van der Waals surface area contributed by atoms with Crippen molar-refractivity contribution >= 4 is 11.9 Å². The molecule has 0 aliphatic heterocycles. The van der Waals surface area contributed by atoms with Crippen molar-refractivity contribution in [3.05, 3.63) is 30.1 Å². The summed E-state index contributed by atoms with van der Waals surface area (Å²) in [6.07, 6.45) is 8.15. The number of pyridine rings is 1. The SMILES string of the molecule is CN=C(NCCNC(=O)c1cccnc1)NC1CCC(C)CC1. The van der Waals surface area contributed by atoms with Gasteiger partial charge in [-0.1, -0.05) is 6.92 Å². The zero-order chi connectivity index (χ0) is 16.5. The van der Waals surface area contributed by atoms with Crippen LogP contribution in [0.25, 0.3) is 0 Å². The van der Waals surface area contributed by atoms with Gasteiger partial charge in [0.2, 0.25) is 0 Å². The number of carbonyl (C=O) groups excluding carboxylic acids is 1. The zero-order valence-electron chi connectivity index (χ0n) is 14.0. The molecule has 3 N–H and O–H groups in total. The Kier molecular flexibility index (Phi) is 6.84. The van der Waals surface area contributed by atoms with Crippen molar-refractivity contribution in [2.75, 3.05) is 20.1 Å². The largest absolute Gasteiger partial charge is 0.355 e. The third-order valence-corrected chi connectivity index (χ3v) is 4.21. The van der Waals surface area contributed by atoms with Gasteiger partial charge in [0.15, 0.2) is 5.96 Å². The van der Waals surface area contributed by atoms with Crippen LogP contribution >= 0.6 is 0 Å². The number of hydrogen-bond acceptors (Lipinski definition) is 3. The molecule has 0 saturated heterocycles. The smallest absolute Gasteiger partial charge is 0.252 e. The molecule has 2 rings (SSSR count). The number of nitrogens with zero attached hydrogens (tertiary/aromatic N) is 2. The van der Waals surface area contributed by atoms with E-state index in [0.29, 0.717) is 24.7 Å². The lowest BCUT2D eigenvalue weighted by atomic mass is 9.87. The summed E-state index contributed by atoms with van der Waals surface area (Å²) in [5.74, 6) is 1.54. The fourth-order valence-electron chi connectivity index (χ4n) is 2.75. The number of carbonyl (C=O) groups is 1. The van der Waals surface area contributed by atoms with Crippen molar-refractivity contribution < 1.29 is 4.79 Å². The van der Waals surface area contributed by atoms with Crippen LogP contribution in [0.4, 0.5) is 0 Å². The minimum Gasteiger partial charge on any atom is -0.355 e. The van der Waals surface area contributed by atoms with Crippen LogP contribution < -0.4 is 16.0 Å². The number of nitrogens with one attached hydrogen (secondary N) is 3. The van der Waals surface area contributed by atoms with E-state index in [4.69, 9.17) is 0 Å². The average molecular weight is 317 g/mol. The molecule has 0 atom stereocenters. The van der Waals surface area contributed by atoms with Crippen LogP contribution in [0, 0.1) is 5.92 Å². The maximum Gasteiger partial charge on any atom is 0.252 e. The molecule has 0 unspecified atom stereocenters. The predicted octanol–water partition coefficient (Wildman–Crippen LogP) is 1.56. The lowest BCUT2D eigenvalue weighted by Crippen LogP contribution is -2.46. The van der Waals surface area contributed by atoms with E-state index in [-0.39, 0.29) is 5.91 Å². The van der Waals surface area contributed by atoms with Gasteiger partial charge in [-0.05, 0) is 43.7 Å². The minimum atomic E-state index is -0.107. The molecular formula is C17H27N5O. The van der Waals surface area contributed by atoms with Crippen molar-refractivity contribution in [1.29, 1.82) is 0 Å². The highest BCUT2D eigenvalue weighted by Crippen LogP contribution is 2.23. The first-order valence-corrected chi connectivity index (χ1v) is 8.34. The Morgan fingerprint density at radius 2 is 2.00 bits per heavy atom. The van der Waals surface area contributed by atoms with E-state index in [0.717, 1.165) is 11.9 Å². The summed E-state index contributed by atoms with van der Waals surface area (Å²) in [6, 6.07) is 4.01. The van der Waals surface area contributed by atoms with Crippen LogP contribution in [0.5, 0.6) is 0 Å². The quantitative estimate of drug-likeness (QED) is 0.437. The highest BCUT2D eigenvalue weighted by molar-refractivity contribution is 5.93. The highest BCUT2D eigenvalue weighted by Gasteiger charge is 2.18. The Morgan fingerprint density at radius 3 is 2.65 bits per heavy atom. The van der Waals surface area contributed by atoms with Crippen molar-refractivity contribution in [3.63, 3.8) is 0 Å². The molecule has 1 heterocycles. The molecule has 0 spiro atoms. The van der Waals surface area contributed by atoms with Crippen molar-refractivity contribution in [2.45, 2.75) is 38.6 Å². The van der Waals surface area contributed by atoms with Crippen LogP contribution in [-0.2, 0) is 0 Å². The second-order valence-electron chi connectivity index (χ2n) is 6.10. The van der Waals surface area contributed by atoms with Crippen molar-refractivity contribution in [2.24, 2.45) is 10.9 Å². The summed E-state index contributed by atoms with van der Waals surface area (Å²) in [7, 11) is 1.77. The monoisotopic (exact) mass is 317 g/mol. The zero-order valence-corrected chi connectivity index (χ0v) is 14.0. The summed E-state index contributed by atoms with van der Waals surface area (Å²) in [4.78, 5) is 20.1. The van der Waals surface area contributed by atoms with E-state index in [1.54, 1.807) is 31.6 Å². The molecule has 1 fully saturated rings. The summed E-state index contributed by atoms with van der Waals surface area (Å²) in [5.41, 5.74) is 0.575. The van der Waals surface area contributed by atoms with Gasteiger partial charge in [-0.25, -0.2) is 0 Å². The van der Waals surface area contributed by atoms with Gasteiger partial charge in [0.1, 0.15) is 0 Å². The topological polar surface area (TPSA) is 78.4 Å². The molecule has 6 nitrogen and oxygen atoms in total. The molecule has 0 bridgehead atoms. The number of hydrogen-bond donors (Lipinski definition) is 3. The van der Waals surface area contributed by atoms with Gasteiger partial charge in [0.05, 0.1) is 5.56 Å². The summed E-state index contributed by atoms with van der Waals surface area (Å²) >= 11 is 0. The number of guanidine groups is 1. The molecule has 0 aromatic carbocycles. The second kappa shape index (κ2) is 9.12. The van der Waals surface area contributed by atoms with Crippen LogP contribution in [0.1, 0.15) is 43.0 Å². The number of amides is 1. The summed E-state index contributed by atoms with van der Waals surface area (Å²) in [6.45, 7) is 3.49. The second-order valence-corrected chi connectivity index (χ2v) is 6.10. The van der Waals surface area contributed by atoms with Gasteiger partial charge in [0, 0.05) is 38.6 Å². The van der Waals surface area contributed by atoms with Crippen LogP contribution in [0.3, 0.4) is 0 Å². The van der Waals surface area contributed by atoms with Gasteiger partial charge < -0.3 is 16.0 Å². The number of aliphatic imine (C=N–C) groups is 1. The molecule has 1 saturated carbocycles. The third kappa shape index (κ3) is 5.88. The van der Waals surface area contributed by atoms with Gasteiger partial charge in [-0.2, -0.15) is 0 Å². The molecule has 6 heteroatoms. The average Bonchev–Trinajstić information content (AvgIpc) is 2.60. The molecule has 1 aromatic heterocycles.